The molecule has 1 N–H and O–H groups in total. The minimum absolute atomic E-state index is 0.150. The van der Waals surface area contributed by atoms with Gasteiger partial charge in [-0.3, -0.25) is 0 Å². The molecule has 1 heterocycles. The molecule has 0 fully saturated rings. The zero-order chi connectivity index (χ0) is 14.5. The molecule has 2 rings (SSSR count). The smallest absolute Gasteiger partial charge is 0.222 e. The summed E-state index contributed by atoms with van der Waals surface area (Å²) < 4.78 is 19.2. The molecule has 0 aliphatic heterocycles. The first-order chi connectivity index (χ1) is 9.65. The molecule has 1 aromatic carbocycles. The Bertz CT molecular complexity index is 602. The molecule has 20 heavy (non-hydrogen) atoms. The van der Waals surface area contributed by atoms with Gasteiger partial charge in [-0.2, -0.15) is 4.98 Å². The summed E-state index contributed by atoms with van der Waals surface area (Å²) in [6, 6.07) is 6.56. The van der Waals surface area contributed by atoms with E-state index in [-0.39, 0.29) is 12.4 Å². The molecule has 0 radical (unpaired) electrons. The molecule has 0 aliphatic carbocycles. The van der Waals surface area contributed by atoms with Gasteiger partial charge in [0.15, 0.2) is 0 Å². The van der Waals surface area contributed by atoms with Crippen LogP contribution in [-0.2, 0) is 13.0 Å². The van der Waals surface area contributed by atoms with Crippen molar-refractivity contribution in [3.05, 3.63) is 47.0 Å². The second-order valence-corrected chi connectivity index (χ2v) is 4.40. The molecular formula is C15H18FN3O. The van der Waals surface area contributed by atoms with Crippen LogP contribution >= 0.6 is 0 Å². The van der Waals surface area contributed by atoms with Gasteiger partial charge in [-0.25, -0.2) is 9.37 Å². The Labute approximate surface area is 118 Å². The third kappa shape index (κ3) is 3.04. The Morgan fingerprint density at radius 1 is 1.25 bits per heavy atom. The van der Waals surface area contributed by atoms with Crippen LogP contribution in [0.1, 0.15) is 23.9 Å². The van der Waals surface area contributed by atoms with Crippen molar-refractivity contribution in [2.45, 2.75) is 26.9 Å². The van der Waals surface area contributed by atoms with Gasteiger partial charge >= 0.3 is 0 Å². The summed E-state index contributed by atoms with van der Waals surface area (Å²) in [5.74, 6) is 1.65. The topological polar surface area (TPSA) is 47.0 Å². The zero-order valence-corrected chi connectivity index (χ0v) is 11.9. The van der Waals surface area contributed by atoms with E-state index in [1.165, 1.54) is 6.07 Å². The number of aromatic nitrogens is 2. The minimum atomic E-state index is -0.274. The monoisotopic (exact) mass is 275 g/mol. The van der Waals surface area contributed by atoms with Crippen LogP contribution in [0.25, 0.3) is 0 Å². The van der Waals surface area contributed by atoms with E-state index in [1.807, 2.05) is 13.8 Å². The second-order valence-electron chi connectivity index (χ2n) is 4.40. The Kier molecular flexibility index (Phi) is 4.50. The zero-order valence-electron chi connectivity index (χ0n) is 11.9. The number of nitrogens with one attached hydrogen (secondary N) is 1. The Morgan fingerprint density at radius 3 is 2.65 bits per heavy atom. The van der Waals surface area contributed by atoms with Crippen molar-refractivity contribution < 1.29 is 9.13 Å². The van der Waals surface area contributed by atoms with E-state index < -0.39 is 0 Å². The molecule has 0 saturated heterocycles. The third-order valence-corrected chi connectivity index (χ3v) is 3.02. The summed E-state index contributed by atoms with van der Waals surface area (Å²) in [5, 5.41) is 3.01. The molecule has 0 saturated carbocycles. The largest absolute Gasteiger partial charge is 0.472 e. The lowest BCUT2D eigenvalue weighted by molar-refractivity contribution is 0.284. The van der Waals surface area contributed by atoms with Gasteiger partial charge in [-0.15, -0.1) is 0 Å². The molecular weight excluding hydrogens is 257 g/mol. The molecule has 5 heteroatoms. The van der Waals surface area contributed by atoms with Crippen LogP contribution in [0, 0.1) is 12.7 Å². The lowest BCUT2D eigenvalue weighted by Crippen LogP contribution is -2.07. The molecule has 0 spiro atoms. The van der Waals surface area contributed by atoms with Gasteiger partial charge in [-0.05, 0) is 13.0 Å². The quantitative estimate of drug-likeness (QED) is 0.910. The lowest BCUT2D eigenvalue weighted by Gasteiger charge is -2.13. The van der Waals surface area contributed by atoms with Gasteiger partial charge in [0.25, 0.3) is 0 Å². The fourth-order valence-electron chi connectivity index (χ4n) is 1.84. The van der Waals surface area contributed by atoms with Crippen LogP contribution in [0.5, 0.6) is 5.88 Å². The molecule has 106 valence electrons. The SMILES string of the molecule is CCc1nc(NC)c(C)c(OCc2ccccc2F)n1. The molecule has 0 aliphatic rings. The van der Waals surface area contributed by atoms with Crippen LogP contribution < -0.4 is 10.1 Å². The highest BCUT2D eigenvalue weighted by atomic mass is 19.1. The van der Waals surface area contributed by atoms with E-state index in [9.17, 15) is 4.39 Å². The van der Waals surface area contributed by atoms with Crippen molar-refractivity contribution in [2.75, 3.05) is 12.4 Å². The third-order valence-electron chi connectivity index (χ3n) is 3.02. The summed E-state index contributed by atoms with van der Waals surface area (Å²) in [5.41, 5.74) is 1.33. The van der Waals surface area contributed by atoms with Gasteiger partial charge < -0.3 is 10.1 Å². The van der Waals surface area contributed by atoms with Gasteiger partial charge in [0.2, 0.25) is 5.88 Å². The molecule has 0 bridgehead atoms. The van der Waals surface area contributed by atoms with Gasteiger partial charge in [-0.1, -0.05) is 25.1 Å². The Hall–Kier alpha value is -2.17. The number of benzene rings is 1. The molecule has 0 atom stereocenters. The number of anilines is 1. The normalized spacial score (nSPS) is 10.4. The number of ether oxygens (including phenoxy) is 1. The van der Waals surface area contributed by atoms with Crippen LogP contribution in [0.2, 0.25) is 0 Å². The fourth-order valence-corrected chi connectivity index (χ4v) is 1.84. The van der Waals surface area contributed by atoms with Gasteiger partial charge in [0.1, 0.15) is 24.1 Å². The van der Waals surface area contributed by atoms with Gasteiger partial charge in [0.05, 0.1) is 5.56 Å². The Balaban J connectivity index is 2.23. The molecule has 4 nitrogen and oxygen atoms in total. The first-order valence-corrected chi connectivity index (χ1v) is 6.57. The predicted molar refractivity (Wildman–Crippen MR) is 76.4 cm³/mol. The van der Waals surface area contributed by atoms with Gasteiger partial charge in [0, 0.05) is 19.0 Å². The van der Waals surface area contributed by atoms with Crippen molar-refractivity contribution in [2.24, 2.45) is 0 Å². The lowest BCUT2D eigenvalue weighted by atomic mass is 10.2. The number of nitrogens with zero attached hydrogens (tertiary/aromatic N) is 2. The van der Waals surface area contributed by atoms with Crippen LogP contribution in [0.3, 0.4) is 0 Å². The average molecular weight is 275 g/mol. The number of aryl methyl sites for hydroxylation is 1. The summed E-state index contributed by atoms with van der Waals surface area (Å²) in [6.07, 6.45) is 0.713. The molecule has 0 unspecified atom stereocenters. The summed E-state index contributed by atoms with van der Waals surface area (Å²) in [7, 11) is 1.80. The van der Waals surface area contributed by atoms with Crippen LogP contribution in [0.4, 0.5) is 10.2 Å². The second kappa shape index (κ2) is 6.32. The number of hydrogen-bond donors (Lipinski definition) is 1. The first-order valence-electron chi connectivity index (χ1n) is 6.57. The average Bonchev–Trinajstić information content (AvgIpc) is 2.47. The number of halogens is 1. The van der Waals surface area contributed by atoms with E-state index in [0.717, 1.165) is 11.4 Å². The van der Waals surface area contributed by atoms with Crippen molar-refractivity contribution in [3.8, 4) is 5.88 Å². The summed E-state index contributed by atoms with van der Waals surface area (Å²) >= 11 is 0. The highest BCUT2D eigenvalue weighted by molar-refractivity contribution is 5.48. The number of rotatable bonds is 5. The Morgan fingerprint density at radius 2 is 2.00 bits per heavy atom. The standard InChI is InChI=1S/C15H18FN3O/c1-4-13-18-14(17-3)10(2)15(19-13)20-9-11-7-5-6-8-12(11)16/h5-8H,4,9H2,1-3H3,(H,17,18,19). The maximum atomic E-state index is 13.6. The van der Waals surface area contributed by atoms with Crippen LogP contribution in [0.15, 0.2) is 24.3 Å². The number of hydrogen-bond acceptors (Lipinski definition) is 4. The molecule has 0 amide bonds. The fraction of sp³-hybridized carbons (Fsp3) is 0.333. The van der Waals surface area contributed by atoms with E-state index in [0.29, 0.717) is 23.7 Å². The predicted octanol–water partition coefficient (Wildman–Crippen LogP) is 3.11. The van der Waals surface area contributed by atoms with Crippen LogP contribution in [-0.4, -0.2) is 17.0 Å². The highest BCUT2D eigenvalue weighted by Crippen LogP contribution is 2.23. The summed E-state index contributed by atoms with van der Waals surface area (Å²) in [4.78, 5) is 8.71. The van der Waals surface area contributed by atoms with Crippen molar-refractivity contribution >= 4 is 5.82 Å². The first kappa shape index (κ1) is 14.2. The van der Waals surface area contributed by atoms with E-state index in [1.54, 1.807) is 25.2 Å². The van der Waals surface area contributed by atoms with E-state index >= 15 is 0 Å². The van der Waals surface area contributed by atoms with Crippen molar-refractivity contribution in [1.82, 2.24) is 9.97 Å². The molecule has 2 aromatic rings. The molecule has 1 aromatic heterocycles. The highest BCUT2D eigenvalue weighted by Gasteiger charge is 2.11. The van der Waals surface area contributed by atoms with E-state index in [4.69, 9.17) is 4.74 Å². The summed E-state index contributed by atoms with van der Waals surface area (Å²) in [6.45, 7) is 4.00. The van der Waals surface area contributed by atoms with Crippen molar-refractivity contribution in [3.63, 3.8) is 0 Å². The van der Waals surface area contributed by atoms with E-state index in [2.05, 4.69) is 15.3 Å². The maximum Gasteiger partial charge on any atom is 0.222 e. The maximum absolute atomic E-state index is 13.6. The minimum Gasteiger partial charge on any atom is -0.472 e. The van der Waals surface area contributed by atoms with Crippen molar-refractivity contribution in [1.29, 1.82) is 0 Å².